The summed E-state index contributed by atoms with van der Waals surface area (Å²) in [5.74, 6) is -0.690. The Kier molecular flexibility index (Phi) is 2.29. The molecular formula is C10H10N2O3. The molecule has 0 saturated carbocycles. The van der Waals surface area contributed by atoms with Gasteiger partial charge in [-0.05, 0) is 19.1 Å². The third kappa shape index (κ3) is 1.52. The minimum Gasteiger partial charge on any atom is -0.505 e. The van der Waals surface area contributed by atoms with Crippen molar-refractivity contribution in [1.29, 1.82) is 0 Å². The van der Waals surface area contributed by atoms with Crippen molar-refractivity contribution in [2.75, 3.05) is 6.61 Å². The van der Waals surface area contributed by atoms with E-state index in [1.54, 1.807) is 25.3 Å². The van der Waals surface area contributed by atoms with Gasteiger partial charge in [0.15, 0.2) is 11.4 Å². The van der Waals surface area contributed by atoms with Crippen molar-refractivity contribution >= 4 is 17.0 Å². The zero-order chi connectivity index (χ0) is 10.8. The minimum atomic E-state index is -0.576. The summed E-state index contributed by atoms with van der Waals surface area (Å²) in [7, 11) is 0. The van der Waals surface area contributed by atoms with Crippen LogP contribution in [0.2, 0.25) is 0 Å². The first kappa shape index (κ1) is 9.51. The second-order valence-electron chi connectivity index (χ2n) is 2.97. The van der Waals surface area contributed by atoms with Crippen LogP contribution >= 0.6 is 0 Å². The fourth-order valence-corrected chi connectivity index (χ4v) is 1.36. The van der Waals surface area contributed by atoms with E-state index in [9.17, 15) is 9.90 Å². The lowest BCUT2D eigenvalue weighted by atomic mass is 10.3. The molecule has 0 aliphatic carbocycles. The lowest BCUT2D eigenvalue weighted by molar-refractivity contribution is 0.0517. The minimum absolute atomic E-state index is 0.0468. The number of aromatic amines is 1. The molecule has 0 aliphatic rings. The SMILES string of the molecule is CCOC(=O)c1[nH]c2ncccc2c1O. The maximum absolute atomic E-state index is 11.4. The lowest BCUT2D eigenvalue weighted by Gasteiger charge is -1.98. The molecule has 5 heteroatoms. The molecule has 0 spiro atoms. The highest BCUT2D eigenvalue weighted by Gasteiger charge is 2.18. The Balaban J connectivity index is 2.53. The van der Waals surface area contributed by atoms with E-state index < -0.39 is 5.97 Å². The van der Waals surface area contributed by atoms with Crippen LogP contribution in [-0.2, 0) is 4.74 Å². The smallest absolute Gasteiger partial charge is 0.358 e. The number of H-pyrrole nitrogens is 1. The van der Waals surface area contributed by atoms with E-state index >= 15 is 0 Å². The van der Waals surface area contributed by atoms with Gasteiger partial charge in [0.25, 0.3) is 0 Å². The van der Waals surface area contributed by atoms with Gasteiger partial charge in [-0.3, -0.25) is 0 Å². The van der Waals surface area contributed by atoms with Gasteiger partial charge < -0.3 is 14.8 Å². The third-order valence-corrected chi connectivity index (χ3v) is 2.02. The molecule has 0 aliphatic heterocycles. The molecule has 0 radical (unpaired) electrons. The molecule has 2 rings (SSSR count). The summed E-state index contributed by atoms with van der Waals surface area (Å²) >= 11 is 0. The van der Waals surface area contributed by atoms with Gasteiger partial charge in [-0.1, -0.05) is 0 Å². The molecule has 2 heterocycles. The number of fused-ring (bicyclic) bond motifs is 1. The maximum atomic E-state index is 11.4. The van der Waals surface area contributed by atoms with Crippen LogP contribution in [0.4, 0.5) is 0 Å². The summed E-state index contributed by atoms with van der Waals surface area (Å²) in [6.45, 7) is 1.97. The molecule has 0 unspecified atom stereocenters. The van der Waals surface area contributed by atoms with E-state index in [2.05, 4.69) is 9.97 Å². The van der Waals surface area contributed by atoms with Gasteiger partial charge in [-0.25, -0.2) is 9.78 Å². The van der Waals surface area contributed by atoms with Gasteiger partial charge in [0.05, 0.1) is 12.0 Å². The average molecular weight is 206 g/mol. The molecule has 2 N–H and O–H groups in total. The molecular weight excluding hydrogens is 196 g/mol. The highest BCUT2D eigenvalue weighted by molar-refractivity contribution is 5.99. The molecule has 0 fully saturated rings. The van der Waals surface area contributed by atoms with Gasteiger partial charge in [0.2, 0.25) is 0 Å². The number of pyridine rings is 1. The summed E-state index contributed by atoms with van der Waals surface area (Å²) in [5, 5.41) is 10.2. The van der Waals surface area contributed by atoms with Gasteiger partial charge in [0, 0.05) is 6.20 Å². The van der Waals surface area contributed by atoms with E-state index in [0.29, 0.717) is 11.0 Å². The van der Waals surface area contributed by atoms with Crippen LogP contribution in [0.5, 0.6) is 5.75 Å². The Bertz CT molecular complexity index is 504. The van der Waals surface area contributed by atoms with Crippen molar-refractivity contribution in [1.82, 2.24) is 9.97 Å². The van der Waals surface area contributed by atoms with Gasteiger partial charge >= 0.3 is 5.97 Å². The van der Waals surface area contributed by atoms with Gasteiger partial charge in [-0.15, -0.1) is 0 Å². The second kappa shape index (κ2) is 3.61. The fraction of sp³-hybridized carbons (Fsp3) is 0.200. The fourth-order valence-electron chi connectivity index (χ4n) is 1.36. The van der Waals surface area contributed by atoms with Crippen LogP contribution in [0.1, 0.15) is 17.4 Å². The first-order chi connectivity index (χ1) is 7.24. The molecule has 0 aromatic carbocycles. The molecule has 5 nitrogen and oxygen atoms in total. The molecule has 0 bridgehead atoms. The number of carbonyl (C=O) groups is 1. The Labute approximate surface area is 85.7 Å². The predicted octanol–water partition coefficient (Wildman–Crippen LogP) is 1.45. The number of nitrogens with zero attached hydrogens (tertiary/aromatic N) is 1. The number of carbonyl (C=O) groups excluding carboxylic acids is 1. The first-order valence-electron chi connectivity index (χ1n) is 4.56. The van der Waals surface area contributed by atoms with Crippen molar-refractivity contribution in [2.24, 2.45) is 0 Å². The Hall–Kier alpha value is -2.04. The van der Waals surface area contributed by atoms with E-state index in [4.69, 9.17) is 4.74 Å². The number of nitrogens with one attached hydrogen (secondary N) is 1. The topological polar surface area (TPSA) is 75.2 Å². The van der Waals surface area contributed by atoms with Gasteiger partial charge in [0.1, 0.15) is 5.65 Å². The molecule has 2 aromatic rings. The highest BCUT2D eigenvalue weighted by Crippen LogP contribution is 2.27. The molecule has 15 heavy (non-hydrogen) atoms. The van der Waals surface area contributed by atoms with E-state index in [1.165, 1.54) is 0 Å². The van der Waals surface area contributed by atoms with E-state index in [-0.39, 0.29) is 18.1 Å². The average Bonchev–Trinajstić information content (AvgIpc) is 2.57. The number of aromatic nitrogens is 2. The zero-order valence-corrected chi connectivity index (χ0v) is 8.15. The number of rotatable bonds is 2. The third-order valence-electron chi connectivity index (χ3n) is 2.02. The Morgan fingerprint density at radius 2 is 2.47 bits per heavy atom. The largest absolute Gasteiger partial charge is 0.505 e. The number of esters is 1. The summed E-state index contributed by atoms with van der Waals surface area (Å²) < 4.78 is 4.78. The molecule has 0 atom stereocenters. The monoisotopic (exact) mass is 206 g/mol. The van der Waals surface area contributed by atoms with E-state index in [0.717, 1.165) is 0 Å². The van der Waals surface area contributed by atoms with Crippen LogP contribution in [0.3, 0.4) is 0 Å². The van der Waals surface area contributed by atoms with Crippen LogP contribution in [-0.4, -0.2) is 27.7 Å². The molecule has 0 amide bonds. The Morgan fingerprint density at radius 3 is 3.13 bits per heavy atom. The van der Waals surface area contributed by atoms with Crippen molar-refractivity contribution < 1.29 is 14.6 Å². The van der Waals surface area contributed by atoms with Crippen molar-refractivity contribution in [3.63, 3.8) is 0 Å². The summed E-state index contributed by atoms with van der Waals surface area (Å²) in [5.41, 5.74) is 0.517. The van der Waals surface area contributed by atoms with Crippen LogP contribution < -0.4 is 0 Å². The molecule has 2 aromatic heterocycles. The number of aromatic hydroxyl groups is 1. The van der Waals surface area contributed by atoms with Crippen LogP contribution in [0, 0.1) is 0 Å². The zero-order valence-electron chi connectivity index (χ0n) is 8.15. The van der Waals surface area contributed by atoms with Crippen molar-refractivity contribution in [2.45, 2.75) is 6.92 Å². The molecule has 78 valence electrons. The van der Waals surface area contributed by atoms with Crippen LogP contribution in [0.15, 0.2) is 18.3 Å². The van der Waals surface area contributed by atoms with Crippen molar-refractivity contribution in [3.05, 3.63) is 24.0 Å². The summed E-state index contributed by atoms with van der Waals surface area (Å²) in [4.78, 5) is 18.1. The lowest BCUT2D eigenvalue weighted by Crippen LogP contribution is -2.04. The van der Waals surface area contributed by atoms with Crippen molar-refractivity contribution in [3.8, 4) is 5.75 Å². The van der Waals surface area contributed by atoms with Gasteiger partial charge in [-0.2, -0.15) is 0 Å². The highest BCUT2D eigenvalue weighted by atomic mass is 16.5. The summed E-state index contributed by atoms with van der Waals surface area (Å²) in [6.07, 6.45) is 1.58. The number of hydrogen-bond donors (Lipinski definition) is 2. The first-order valence-corrected chi connectivity index (χ1v) is 4.56. The predicted molar refractivity (Wildman–Crippen MR) is 53.7 cm³/mol. The number of ether oxygens (including phenoxy) is 1. The second-order valence-corrected chi connectivity index (χ2v) is 2.97. The number of hydrogen-bond acceptors (Lipinski definition) is 4. The maximum Gasteiger partial charge on any atom is 0.358 e. The quantitative estimate of drug-likeness (QED) is 0.729. The standard InChI is InChI=1S/C10H10N2O3/c1-2-15-10(14)7-8(13)6-4-3-5-11-9(6)12-7/h3-5,13H,2H2,1H3,(H,11,12). The van der Waals surface area contributed by atoms with E-state index in [1.807, 2.05) is 0 Å². The normalized spacial score (nSPS) is 10.5. The van der Waals surface area contributed by atoms with Crippen LogP contribution in [0.25, 0.3) is 11.0 Å². The molecule has 0 saturated heterocycles. The summed E-state index contributed by atoms with van der Waals surface area (Å²) in [6, 6.07) is 3.36. The Morgan fingerprint density at radius 1 is 1.67 bits per heavy atom.